The Morgan fingerprint density at radius 2 is 2.26 bits per heavy atom. The number of amides is 2. The fourth-order valence-corrected chi connectivity index (χ4v) is 1.96. The number of hydrogen-bond donors (Lipinski definition) is 1. The van der Waals surface area contributed by atoms with Crippen molar-refractivity contribution in [2.75, 3.05) is 16.8 Å². The van der Waals surface area contributed by atoms with Crippen LogP contribution in [0.15, 0.2) is 48.6 Å². The van der Waals surface area contributed by atoms with Crippen LogP contribution in [0.5, 0.6) is 0 Å². The van der Waals surface area contributed by atoms with Crippen LogP contribution in [0.25, 0.3) is 0 Å². The van der Waals surface area contributed by atoms with Gasteiger partial charge in [-0.25, -0.2) is 0 Å². The molecule has 0 saturated heterocycles. The summed E-state index contributed by atoms with van der Waals surface area (Å²) in [6, 6.07) is 7.23. The topological polar surface area (TPSA) is 49.4 Å². The first-order chi connectivity index (χ1) is 9.10. The van der Waals surface area contributed by atoms with Gasteiger partial charge in [0.05, 0.1) is 0 Å². The lowest BCUT2D eigenvalue weighted by atomic mass is 10.1. The lowest BCUT2D eigenvalue weighted by Gasteiger charge is -2.25. The fraction of sp³-hybridized carbons (Fsp3) is 0.200. The molecule has 0 unspecified atom stereocenters. The summed E-state index contributed by atoms with van der Waals surface area (Å²) in [6.45, 7) is 6.03. The van der Waals surface area contributed by atoms with E-state index in [4.69, 9.17) is 0 Å². The van der Waals surface area contributed by atoms with Crippen LogP contribution in [-0.4, -0.2) is 18.4 Å². The third-order valence-electron chi connectivity index (χ3n) is 2.98. The van der Waals surface area contributed by atoms with Crippen molar-refractivity contribution in [3.05, 3.63) is 48.6 Å². The maximum Gasteiger partial charge on any atom is 0.250 e. The highest BCUT2D eigenvalue weighted by molar-refractivity contribution is 6.04. The van der Waals surface area contributed by atoms with Crippen LogP contribution in [0, 0.1) is 0 Å². The molecule has 0 atom stereocenters. The predicted molar refractivity (Wildman–Crippen MR) is 76.0 cm³/mol. The molecule has 1 aliphatic rings. The Labute approximate surface area is 112 Å². The van der Waals surface area contributed by atoms with Gasteiger partial charge in [-0.1, -0.05) is 18.2 Å². The van der Waals surface area contributed by atoms with Crippen LogP contribution in [0.3, 0.4) is 0 Å². The maximum absolute atomic E-state index is 11.9. The SMILES string of the molecule is C=CC(=O)Nc1cccc(N2CCC(C)=CC2=O)c1. The first-order valence-corrected chi connectivity index (χ1v) is 6.12. The Balaban J connectivity index is 2.21. The van der Waals surface area contributed by atoms with Crippen molar-refractivity contribution in [3.8, 4) is 0 Å². The molecule has 4 nitrogen and oxygen atoms in total. The second-order valence-corrected chi connectivity index (χ2v) is 4.47. The van der Waals surface area contributed by atoms with Crippen LogP contribution < -0.4 is 10.2 Å². The lowest BCUT2D eigenvalue weighted by Crippen LogP contribution is -2.33. The summed E-state index contributed by atoms with van der Waals surface area (Å²) in [4.78, 5) is 24.9. The molecule has 2 amide bonds. The molecule has 1 aliphatic heterocycles. The average Bonchev–Trinajstić information content (AvgIpc) is 2.39. The van der Waals surface area contributed by atoms with Crippen LogP contribution in [0.1, 0.15) is 13.3 Å². The molecule has 19 heavy (non-hydrogen) atoms. The number of carbonyl (C=O) groups excluding carboxylic acids is 2. The largest absolute Gasteiger partial charge is 0.322 e. The van der Waals surface area contributed by atoms with Gasteiger partial charge in [-0.05, 0) is 37.6 Å². The third kappa shape index (κ3) is 3.10. The highest BCUT2D eigenvalue weighted by Gasteiger charge is 2.18. The summed E-state index contributed by atoms with van der Waals surface area (Å²) < 4.78 is 0. The molecule has 0 radical (unpaired) electrons. The zero-order valence-corrected chi connectivity index (χ0v) is 10.8. The van der Waals surface area contributed by atoms with Gasteiger partial charge < -0.3 is 10.2 Å². The quantitative estimate of drug-likeness (QED) is 0.845. The molecule has 1 aromatic carbocycles. The monoisotopic (exact) mass is 256 g/mol. The first-order valence-electron chi connectivity index (χ1n) is 6.12. The van der Waals surface area contributed by atoms with E-state index in [0.29, 0.717) is 12.2 Å². The molecular weight excluding hydrogens is 240 g/mol. The highest BCUT2D eigenvalue weighted by atomic mass is 16.2. The van der Waals surface area contributed by atoms with Crippen LogP contribution in [-0.2, 0) is 9.59 Å². The Kier molecular flexibility index (Phi) is 3.80. The maximum atomic E-state index is 11.9. The predicted octanol–water partition coefficient (Wildman–Crippen LogP) is 2.49. The molecule has 0 saturated carbocycles. The summed E-state index contributed by atoms with van der Waals surface area (Å²) in [5, 5.41) is 2.68. The summed E-state index contributed by atoms with van der Waals surface area (Å²) in [6.07, 6.45) is 3.73. The zero-order valence-electron chi connectivity index (χ0n) is 10.8. The minimum Gasteiger partial charge on any atom is -0.322 e. The van der Waals surface area contributed by atoms with Crippen molar-refractivity contribution in [2.45, 2.75) is 13.3 Å². The van der Waals surface area contributed by atoms with Gasteiger partial charge in [-0.15, -0.1) is 0 Å². The molecule has 1 aromatic rings. The van der Waals surface area contributed by atoms with E-state index in [2.05, 4.69) is 11.9 Å². The Bertz CT molecular complexity index is 561. The average molecular weight is 256 g/mol. The minimum absolute atomic E-state index is 0.0176. The Morgan fingerprint density at radius 3 is 2.95 bits per heavy atom. The van der Waals surface area contributed by atoms with Crippen LogP contribution >= 0.6 is 0 Å². The summed E-state index contributed by atoms with van der Waals surface area (Å²) in [5.74, 6) is -0.284. The first kappa shape index (κ1) is 13.1. The molecule has 1 heterocycles. The molecule has 0 aliphatic carbocycles. The van der Waals surface area contributed by atoms with Crippen molar-refractivity contribution in [1.29, 1.82) is 0 Å². The fourth-order valence-electron chi connectivity index (χ4n) is 1.96. The van der Waals surface area contributed by atoms with Crippen LogP contribution in [0.4, 0.5) is 11.4 Å². The molecular formula is C15H16N2O2. The minimum atomic E-state index is -0.266. The van der Waals surface area contributed by atoms with Gasteiger partial charge in [-0.2, -0.15) is 0 Å². The number of rotatable bonds is 3. The summed E-state index contributed by atoms with van der Waals surface area (Å²) in [7, 11) is 0. The van der Waals surface area contributed by atoms with Crippen LogP contribution in [0.2, 0.25) is 0 Å². The van der Waals surface area contributed by atoms with E-state index >= 15 is 0 Å². The molecule has 0 spiro atoms. The Morgan fingerprint density at radius 1 is 1.47 bits per heavy atom. The van der Waals surface area contributed by atoms with E-state index in [1.165, 1.54) is 6.08 Å². The van der Waals surface area contributed by atoms with E-state index in [9.17, 15) is 9.59 Å². The van der Waals surface area contributed by atoms with Crippen molar-refractivity contribution >= 4 is 23.2 Å². The molecule has 0 bridgehead atoms. The molecule has 1 N–H and O–H groups in total. The van der Waals surface area contributed by atoms with Gasteiger partial charge in [0, 0.05) is 24.0 Å². The number of anilines is 2. The number of benzene rings is 1. The summed E-state index contributed by atoms with van der Waals surface area (Å²) in [5.41, 5.74) is 2.54. The van der Waals surface area contributed by atoms with E-state index in [0.717, 1.165) is 17.7 Å². The van der Waals surface area contributed by atoms with E-state index < -0.39 is 0 Å². The zero-order chi connectivity index (χ0) is 13.8. The number of nitrogens with zero attached hydrogens (tertiary/aromatic N) is 1. The molecule has 0 fully saturated rings. The molecule has 98 valence electrons. The van der Waals surface area contributed by atoms with E-state index in [1.54, 1.807) is 23.1 Å². The molecule has 0 aromatic heterocycles. The standard InChI is InChI=1S/C15H16N2O2/c1-3-14(18)16-12-5-4-6-13(10-12)17-8-7-11(2)9-15(17)19/h3-6,9-10H,1,7-8H2,2H3,(H,16,18). The second-order valence-electron chi connectivity index (χ2n) is 4.47. The van der Waals surface area contributed by atoms with Crippen molar-refractivity contribution in [1.82, 2.24) is 0 Å². The number of carbonyl (C=O) groups is 2. The van der Waals surface area contributed by atoms with E-state index in [1.807, 2.05) is 19.1 Å². The molecule has 4 heteroatoms. The van der Waals surface area contributed by atoms with Gasteiger partial charge >= 0.3 is 0 Å². The highest BCUT2D eigenvalue weighted by Crippen LogP contribution is 2.23. The summed E-state index contributed by atoms with van der Waals surface area (Å²) >= 11 is 0. The van der Waals surface area contributed by atoms with Crippen molar-refractivity contribution in [3.63, 3.8) is 0 Å². The van der Waals surface area contributed by atoms with Gasteiger partial charge in [0.1, 0.15) is 0 Å². The molecule has 2 rings (SSSR count). The Hall–Kier alpha value is -2.36. The van der Waals surface area contributed by atoms with Crippen molar-refractivity contribution < 1.29 is 9.59 Å². The van der Waals surface area contributed by atoms with Gasteiger partial charge in [-0.3, -0.25) is 9.59 Å². The van der Waals surface area contributed by atoms with E-state index in [-0.39, 0.29) is 11.8 Å². The van der Waals surface area contributed by atoms with Gasteiger partial charge in [0.25, 0.3) is 5.91 Å². The lowest BCUT2D eigenvalue weighted by molar-refractivity contribution is -0.114. The van der Waals surface area contributed by atoms with Gasteiger partial charge in [0.2, 0.25) is 5.91 Å². The van der Waals surface area contributed by atoms with Crippen molar-refractivity contribution in [2.24, 2.45) is 0 Å². The van der Waals surface area contributed by atoms with Gasteiger partial charge in [0.15, 0.2) is 0 Å². The number of hydrogen-bond acceptors (Lipinski definition) is 2. The normalized spacial score (nSPS) is 14.9. The third-order valence-corrected chi connectivity index (χ3v) is 2.98. The number of nitrogens with one attached hydrogen (secondary N) is 1. The smallest absolute Gasteiger partial charge is 0.250 e. The second kappa shape index (κ2) is 5.52.